The Kier molecular flexibility index (Phi) is 6.43. The molecule has 60 valence electrons. The largest absolute Gasteiger partial charge is 0.320 e. The van der Waals surface area contributed by atoms with Crippen molar-refractivity contribution in [3.05, 3.63) is 0 Å². The Morgan fingerprint density at radius 1 is 1.20 bits per heavy atom. The van der Waals surface area contributed by atoms with Crippen molar-refractivity contribution in [1.82, 2.24) is 0 Å². The highest BCUT2D eigenvalue weighted by Gasteiger charge is 2.08. The van der Waals surface area contributed by atoms with E-state index in [4.69, 9.17) is 10.6 Å². The van der Waals surface area contributed by atoms with E-state index >= 15 is 0 Å². The molecule has 0 unspecified atom stereocenters. The van der Waals surface area contributed by atoms with Crippen molar-refractivity contribution in [2.75, 3.05) is 0 Å². The van der Waals surface area contributed by atoms with Gasteiger partial charge in [0, 0.05) is 0 Å². The molecule has 0 amide bonds. The maximum atomic E-state index is 6.97. The van der Waals surface area contributed by atoms with Crippen LogP contribution in [0, 0.1) is 11.3 Å². The molecule has 0 aromatic rings. The first-order valence-corrected chi connectivity index (χ1v) is 3.70. The first-order chi connectivity index (χ1) is 4.93. The van der Waals surface area contributed by atoms with E-state index in [1.807, 2.05) is 0 Å². The Balaban J connectivity index is 0.000000371. The van der Waals surface area contributed by atoms with Gasteiger partial charge in [-0.25, -0.2) is 5.90 Å². The van der Waals surface area contributed by atoms with Gasteiger partial charge in [0.25, 0.3) is 0 Å². The van der Waals surface area contributed by atoms with Crippen LogP contribution < -0.4 is 5.90 Å². The van der Waals surface area contributed by atoms with Gasteiger partial charge in [0.1, 0.15) is 0 Å². The number of hydrogen-bond donors (Lipinski definition) is 3. The van der Waals surface area contributed by atoms with E-state index in [9.17, 15) is 0 Å². The van der Waals surface area contributed by atoms with E-state index in [-0.39, 0.29) is 0 Å². The summed E-state index contributed by atoms with van der Waals surface area (Å²) in [7, 11) is 0. The molecule has 1 aliphatic rings. The average molecular weight is 144 g/mol. The Labute approximate surface area is 61.7 Å². The zero-order chi connectivity index (χ0) is 7.82. The van der Waals surface area contributed by atoms with Gasteiger partial charge in [0.2, 0.25) is 0 Å². The lowest BCUT2D eigenvalue weighted by atomic mass is 9.90. The molecule has 1 fully saturated rings. The van der Waals surface area contributed by atoms with Crippen LogP contribution in [0.25, 0.3) is 0 Å². The van der Waals surface area contributed by atoms with Gasteiger partial charge < -0.3 is 10.6 Å². The summed E-state index contributed by atoms with van der Waals surface area (Å²) >= 11 is 0. The molecule has 0 radical (unpaired) electrons. The zero-order valence-electron chi connectivity index (χ0n) is 6.21. The molecular formula is C7H16N2O. The molecular weight excluding hydrogens is 128 g/mol. The van der Waals surface area contributed by atoms with Crippen LogP contribution in [0.1, 0.15) is 32.1 Å². The highest BCUT2D eigenvalue weighted by atomic mass is 16.4. The minimum atomic E-state index is 0.628. The zero-order valence-corrected chi connectivity index (χ0v) is 6.21. The van der Waals surface area contributed by atoms with Crippen molar-refractivity contribution in [1.29, 1.82) is 5.41 Å². The van der Waals surface area contributed by atoms with Crippen LogP contribution in [0.5, 0.6) is 0 Å². The third kappa shape index (κ3) is 3.58. The Morgan fingerprint density at radius 3 is 2.00 bits per heavy atom. The van der Waals surface area contributed by atoms with Crippen molar-refractivity contribution in [3.63, 3.8) is 0 Å². The summed E-state index contributed by atoms with van der Waals surface area (Å²) in [6.45, 7) is 0. The number of nitrogens with one attached hydrogen (secondary N) is 1. The molecule has 4 N–H and O–H groups in total. The predicted octanol–water partition coefficient (Wildman–Crippen LogP) is 1.55. The molecule has 1 aliphatic carbocycles. The van der Waals surface area contributed by atoms with Gasteiger partial charge in [-0.1, -0.05) is 19.3 Å². The van der Waals surface area contributed by atoms with Gasteiger partial charge in [-0.05, 0) is 25.0 Å². The van der Waals surface area contributed by atoms with Crippen LogP contribution >= 0.6 is 0 Å². The number of hydrogen-bond acceptors (Lipinski definition) is 3. The fourth-order valence-electron chi connectivity index (χ4n) is 1.30. The summed E-state index contributed by atoms with van der Waals surface area (Å²) in [6.07, 6.45) is 8.23. The number of nitrogens with two attached hydrogens (primary N) is 1. The minimum absolute atomic E-state index is 0.628. The van der Waals surface area contributed by atoms with E-state index in [0.29, 0.717) is 5.92 Å². The second-order valence-electron chi connectivity index (χ2n) is 2.56. The van der Waals surface area contributed by atoms with Gasteiger partial charge in [-0.2, -0.15) is 0 Å². The summed E-state index contributed by atoms with van der Waals surface area (Å²) in [6, 6.07) is 0. The number of rotatable bonds is 1. The lowest BCUT2D eigenvalue weighted by Crippen LogP contribution is -2.05. The Hall–Kier alpha value is -0.410. The second-order valence-corrected chi connectivity index (χ2v) is 2.56. The van der Waals surface area contributed by atoms with E-state index < -0.39 is 0 Å². The second kappa shape index (κ2) is 6.71. The van der Waals surface area contributed by atoms with E-state index in [2.05, 4.69) is 5.90 Å². The van der Waals surface area contributed by atoms with Gasteiger partial charge in [-0.3, -0.25) is 0 Å². The molecule has 1 rings (SSSR count). The molecule has 0 bridgehead atoms. The average Bonchev–Trinajstić information content (AvgIpc) is 2.10. The molecule has 3 nitrogen and oxygen atoms in total. The van der Waals surface area contributed by atoms with Gasteiger partial charge >= 0.3 is 0 Å². The summed E-state index contributed by atoms with van der Waals surface area (Å²) in [5.74, 6) is 4.13. The fourth-order valence-corrected chi connectivity index (χ4v) is 1.30. The first kappa shape index (κ1) is 9.59. The molecule has 0 heterocycles. The van der Waals surface area contributed by atoms with Crippen LogP contribution in [0.15, 0.2) is 0 Å². The van der Waals surface area contributed by atoms with Crippen molar-refractivity contribution in [2.45, 2.75) is 32.1 Å². The first-order valence-electron chi connectivity index (χ1n) is 3.70. The van der Waals surface area contributed by atoms with Crippen molar-refractivity contribution < 1.29 is 5.21 Å². The maximum Gasteiger partial charge on any atom is -0.00167 e. The topological polar surface area (TPSA) is 70.1 Å². The molecule has 3 heteroatoms. The smallest absolute Gasteiger partial charge is 0.00167 e. The van der Waals surface area contributed by atoms with Gasteiger partial charge in [0.05, 0.1) is 0 Å². The molecule has 0 aromatic heterocycles. The van der Waals surface area contributed by atoms with Gasteiger partial charge in [-0.15, -0.1) is 0 Å². The molecule has 0 saturated heterocycles. The van der Waals surface area contributed by atoms with Crippen molar-refractivity contribution in [2.24, 2.45) is 11.8 Å². The quantitative estimate of drug-likeness (QED) is 0.386. The highest BCUT2D eigenvalue weighted by molar-refractivity contribution is 5.56. The summed E-state index contributed by atoms with van der Waals surface area (Å²) in [4.78, 5) is 0. The maximum absolute atomic E-state index is 6.97. The summed E-state index contributed by atoms with van der Waals surface area (Å²) in [5, 5.41) is 13.5. The SMILES string of the molecule is N=CC1CCCCC1.NO. The lowest BCUT2D eigenvalue weighted by molar-refractivity contribution is 0.311. The molecule has 0 atom stereocenters. The monoisotopic (exact) mass is 144 g/mol. The highest BCUT2D eigenvalue weighted by Crippen LogP contribution is 2.21. The van der Waals surface area contributed by atoms with Crippen LogP contribution in [0.4, 0.5) is 0 Å². The third-order valence-electron chi connectivity index (χ3n) is 1.89. The van der Waals surface area contributed by atoms with Crippen LogP contribution in [0.2, 0.25) is 0 Å². The molecule has 10 heavy (non-hydrogen) atoms. The fraction of sp³-hybridized carbons (Fsp3) is 0.857. The Bertz CT molecular complexity index is 79.7. The summed E-state index contributed by atoms with van der Waals surface area (Å²) in [5.41, 5.74) is 0. The van der Waals surface area contributed by atoms with Crippen LogP contribution in [-0.4, -0.2) is 11.4 Å². The standard InChI is InChI=1S/C7H13N.H3NO/c8-6-7-4-2-1-3-5-7;1-2/h6-8H,1-5H2;2H,1H2. The minimum Gasteiger partial charge on any atom is -0.320 e. The van der Waals surface area contributed by atoms with Crippen LogP contribution in [-0.2, 0) is 0 Å². The molecule has 0 aromatic carbocycles. The molecule has 0 aliphatic heterocycles. The Morgan fingerprint density at radius 2 is 1.70 bits per heavy atom. The van der Waals surface area contributed by atoms with E-state index in [0.717, 1.165) is 0 Å². The van der Waals surface area contributed by atoms with E-state index in [1.54, 1.807) is 6.21 Å². The van der Waals surface area contributed by atoms with Gasteiger partial charge in [0.15, 0.2) is 0 Å². The molecule has 1 saturated carbocycles. The normalized spacial score (nSPS) is 19.0. The van der Waals surface area contributed by atoms with Crippen LogP contribution in [0.3, 0.4) is 0 Å². The van der Waals surface area contributed by atoms with E-state index in [1.165, 1.54) is 32.1 Å². The summed E-state index contributed by atoms with van der Waals surface area (Å²) < 4.78 is 0. The predicted molar refractivity (Wildman–Crippen MR) is 41.3 cm³/mol. The third-order valence-corrected chi connectivity index (χ3v) is 1.89. The van der Waals surface area contributed by atoms with Crippen molar-refractivity contribution >= 4 is 6.21 Å². The lowest BCUT2D eigenvalue weighted by Gasteiger charge is -2.15. The molecule has 0 spiro atoms. The van der Waals surface area contributed by atoms with Crippen molar-refractivity contribution in [3.8, 4) is 0 Å².